The summed E-state index contributed by atoms with van der Waals surface area (Å²) in [5.74, 6) is 0.307. The number of nitriles is 1. The van der Waals surface area contributed by atoms with Crippen molar-refractivity contribution < 1.29 is 14.3 Å². The lowest BCUT2D eigenvalue weighted by Gasteiger charge is -2.14. The van der Waals surface area contributed by atoms with E-state index in [0.717, 1.165) is 16.7 Å². The monoisotopic (exact) mass is 446 g/mol. The van der Waals surface area contributed by atoms with E-state index in [1.807, 2.05) is 62.4 Å². The van der Waals surface area contributed by atoms with Crippen molar-refractivity contribution in [3.63, 3.8) is 0 Å². The molecule has 0 saturated heterocycles. The van der Waals surface area contributed by atoms with E-state index in [1.165, 1.54) is 13.2 Å². The Labute approximate surface area is 192 Å². The van der Waals surface area contributed by atoms with Gasteiger partial charge < -0.3 is 14.8 Å². The first kappa shape index (κ1) is 22.9. The number of amides is 1. The largest absolute Gasteiger partial charge is 0.493 e. The fraction of sp³-hybridized carbons (Fsp3) is 0.154. The molecule has 162 valence electrons. The maximum absolute atomic E-state index is 12.7. The van der Waals surface area contributed by atoms with Crippen molar-refractivity contribution in [2.45, 2.75) is 20.5 Å². The summed E-state index contributed by atoms with van der Waals surface area (Å²) in [6.45, 7) is 4.20. The lowest BCUT2D eigenvalue weighted by Crippen LogP contribution is -2.14. The van der Waals surface area contributed by atoms with E-state index in [9.17, 15) is 10.1 Å². The molecule has 3 aromatic rings. The minimum atomic E-state index is -0.499. The molecule has 1 amide bonds. The number of carbonyl (C=O) groups excluding carboxylic acids is 1. The average Bonchev–Trinajstić information content (AvgIpc) is 2.80. The summed E-state index contributed by atoms with van der Waals surface area (Å²) >= 11 is 6.44. The van der Waals surface area contributed by atoms with Crippen LogP contribution in [-0.4, -0.2) is 13.0 Å². The van der Waals surface area contributed by atoms with Gasteiger partial charge in [0.25, 0.3) is 5.91 Å². The van der Waals surface area contributed by atoms with Crippen molar-refractivity contribution in [1.29, 1.82) is 5.26 Å². The van der Waals surface area contributed by atoms with Crippen LogP contribution in [0.15, 0.2) is 66.2 Å². The van der Waals surface area contributed by atoms with Crippen LogP contribution in [0.25, 0.3) is 6.08 Å². The molecule has 0 fully saturated rings. The van der Waals surface area contributed by atoms with Crippen LogP contribution in [0.1, 0.15) is 22.3 Å². The number of anilines is 1. The van der Waals surface area contributed by atoms with Gasteiger partial charge in [-0.25, -0.2) is 0 Å². The first-order valence-corrected chi connectivity index (χ1v) is 10.3. The van der Waals surface area contributed by atoms with E-state index in [0.29, 0.717) is 34.4 Å². The van der Waals surface area contributed by atoms with E-state index >= 15 is 0 Å². The van der Waals surface area contributed by atoms with Crippen LogP contribution in [0.4, 0.5) is 5.69 Å². The quantitative estimate of drug-likeness (QED) is 0.352. The van der Waals surface area contributed by atoms with Crippen molar-refractivity contribution >= 4 is 29.3 Å². The number of nitrogens with zero attached hydrogens (tertiary/aromatic N) is 1. The molecule has 32 heavy (non-hydrogen) atoms. The molecule has 1 N–H and O–H groups in total. The zero-order chi connectivity index (χ0) is 23.1. The number of hydrogen-bond acceptors (Lipinski definition) is 4. The van der Waals surface area contributed by atoms with Gasteiger partial charge in [-0.05, 0) is 60.4 Å². The van der Waals surface area contributed by atoms with Crippen molar-refractivity contribution in [2.24, 2.45) is 0 Å². The van der Waals surface area contributed by atoms with Gasteiger partial charge >= 0.3 is 0 Å². The van der Waals surface area contributed by atoms with Crippen LogP contribution < -0.4 is 14.8 Å². The SMILES string of the molecule is COc1cc(/C=C(\C#N)C(=O)Nc2cccc(C)c2C)cc(Cl)c1OCc1ccccc1. The molecule has 3 rings (SSSR count). The number of hydrogen-bond donors (Lipinski definition) is 1. The number of methoxy groups -OCH3 is 1. The van der Waals surface area contributed by atoms with Gasteiger partial charge in [-0.1, -0.05) is 54.1 Å². The molecular weight excluding hydrogens is 424 g/mol. The van der Waals surface area contributed by atoms with Gasteiger partial charge in [0.1, 0.15) is 18.2 Å². The Morgan fingerprint density at radius 2 is 1.88 bits per heavy atom. The van der Waals surface area contributed by atoms with Gasteiger partial charge in [0.2, 0.25) is 0 Å². The summed E-state index contributed by atoms with van der Waals surface area (Å²) in [7, 11) is 1.51. The maximum Gasteiger partial charge on any atom is 0.266 e. The second-order valence-electron chi connectivity index (χ2n) is 7.18. The molecule has 0 bridgehead atoms. The van der Waals surface area contributed by atoms with E-state index in [-0.39, 0.29) is 5.57 Å². The van der Waals surface area contributed by atoms with Gasteiger partial charge in [0.15, 0.2) is 11.5 Å². The zero-order valence-corrected chi connectivity index (χ0v) is 18.9. The van der Waals surface area contributed by atoms with Crippen LogP contribution in [0, 0.1) is 25.2 Å². The van der Waals surface area contributed by atoms with E-state index in [2.05, 4.69) is 5.32 Å². The van der Waals surface area contributed by atoms with E-state index < -0.39 is 5.91 Å². The topological polar surface area (TPSA) is 71.3 Å². The molecular formula is C26H23ClN2O3. The summed E-state index contributed by atoms with van der Waals surface area (Å²) < 4.78 is 11.3. The molecule has 0 radical (unpaired) electrons. The van der Waals surface area contributed by atoms with Crippen LogP contribution in [0.3, 0.4) is 0 Å². The Bertz CT molecular complexity index is 1200. The maximum atomic E-state index is 12.7. The Morgan fingerprint density at radius 3 is 2.56 bits per heavy atom. The fourth-order valence-corrected chi connectivity index (χ4v) is 3.36. The van der Waals surface area contributed by atoms with Crippen molar-refractivity contribution in [2.75, 3.05) is 12.4 Å². The highest BCUT2D eigenvalue weighted by molar-refractivity contribution is 6.32. The lowest BCUT2D eigenvalue weighted by molar-refractivity contribution is -0.112. The highest BCUT2D eigenvalue weighted by Crippen LogP contribution is 2.37. The van der Waals surface area contributed by atoms with Gasteiger partial charge in [-0.3, -0.25) is 4.79 Å². The molecule has 0 aliphatic heterocycles. The summed E-state index contributed by atoms with van der Waals surface area (Å²) in [6, 6.07) is 20.6. The van der Waals surface area contributed by atoms with Gasteiger partial charge in [-0.2, -0.15) is 5.26 Å². The summed E-state index contributed by atoms with van der Waals surface area (Å²) in [6.07, 6.45) is 1.47. The molecule has 0 saturated carbocycles. The summed E-state index contributed by atoms with van der Waals surface area (Å²) in [5.41, 5.74) is 4.14. The number of rotatable bonds is 7. The molecule has 0 aromatic heterocycles. The number of ether oxygens (including phenoxy) is 2. The molecule has 0 aliphatic carbocycles. The Balaban J connectivity index is 1.84. The normalized spacial score (nSPS) is 10.9. The van der Waals surface area contributed by atoms with E-state index in [4.69, 9.17) is 21.1 Å². The molecule has 0 spiro atoms. The van der Waals surface area contributed by atoms with E-state index in [1.54, 1.807) is 18.2 Å². The number of aryl methyl sites for hydroxylation is 1. The fourth-order valence-electron chi connectivity index (χ4n) is 3.08. The van der Waals surface area contributed by atoms with Crippen molar-refractivity contribution in [1.82, 2.24) is 0 Å². The Morgan fingerprint density at radius 1 is 1.12 bits per heavy atom. The van der Waals surface area contributed by atoms with Gasteiger partial charge in [-0.15, -0.1) is 0 Å². The predicted molar refractivity (Wildman–Crippen MR) is 127 cm³/mol. The number of halogens is 1. The lowest BCUT2D eigenvalue weighted by atomic mass is 10.1. The van der Waals surface area contributed by atoms with Crippen LogP contribution in [0.2, 0.25) is 5.02 Å². The molecule has 3 aromatic carbocycles. The summed E-state index contributed by atoms with van der Waals surface area (Å²) in [5, 5.41) is 12.7. The predicted octanol–water partition coefficient (Wildman–Crippen LogP) is 6.09. The third-order valence-corrected chi connectivity index (χ3v) is 5.29. The molecule has 5 nitrogen and oxygen atoms in total. The second kappa shape index (κ2) is 10.5. The van der Waals surface area contributed by atoms with Crippen LogP contribution in [-0.2, 0) is 11.4 Å². The Hall–Kier alpha value is -3.75. The van der Waals surface area contributed by atoms with Crippen LogP contribution >= 0.6 is 11.6 Å². The molecule has 0 unspecified atom stereocenters. The number of carbonyl (C=O) groups is 1. The van der Waals surface area contributed by atoms with Crippen LogP contribution in [0.5, 0.6) is 11.5 Å². The van der Waals surface area contributed by atoms with Crippen molar-refractivity contribution in [3.8, 4) is 17.6 Å². The van der Waals surface area contributed by atoms with Gasteiger partial charge in [0.05, 0.1) is 12.1 Å². The number of nitrogens with one attached hydrogen (secondary N) is 1. The summed E-state index contributed by atoms with van der Waals surface area (Å²) in [4.78, 5) is 12.7. The molecule has 0 aliphatic rings. The first-order valence-electron chi connectivity index (χ1n) is 9.96. The molecule has 0 heterocycles. The zero-order valence-electron chi connectivity index (χ0n) is 18.1. The number of benzene rings is 3. The smallest absolute Gasteiger partial charge is 0.266 e. The Kier molecular flexibility index (Phi) is 7.54. The minimum absolute atomic E-state index is 0.0537. The highest BCUT2D eigenvalue weighted by Gasteiger charge is 2.15. The third kappa shape index (κ3) is 5.48. The van der Waals surface area contributed by atoms with Gasteiger partial charge in [0, 0.05) is 5.69 Å². The highest BCUT2D eigenvalue weighted by atomic mass is 35.5. The minimum Gasteiger partial charge on any atom is -0.493 e. The molecule has 6 heteroatoms. The standard InChI is InChI=1S/C26H23ClN2O3/c1-17-8-7-11-23(18(17)2)29-26(30)21(15-28)12-20-13-22(27)25(24(14-20)31-3)32-16-19-9-5-4-6-10-19/h4-14H,16H2,1-3H3,(H,29,30)/b21-12+. The third-order valence-electron chi connectivity index (χ3n) is 5.01. The van der Waals surface area contributed by atoms with Crippen molar-refractivity contribution in [3.05, 3.63) is 93.5 Å². The molecule has 0 atom stereocenters. The first-order chi connectivity index (χ1) is 15.4. The average molecular weight is 447 g/mol. The second-order valence-corrected chi connectivity index (χ2v) is 7.59.